The number of benzene rings is 2. The largest absolute Gasteiger partial charge is 0.416 e. The molecule has 100 valence electrons. The molecule has 0 fully saturated rings. The van der Waals surface area contributed by atoms with Crippen molar-refractivity contribution in [2.75, 3.05) is 0 Å². The standard InChI is InChI=1S/C16H10F3N/c17-16(18,19)12-8-9-20-15(10-12)14-7-3-5-11-4-1-2-6-13(11)14/h1-10H. The predicted molar refractivity (Wildman–Crippen MR) is 72.2 cm³/mol. The van der Waals surface area contributed by atoms with Crippen molar-refractivity contribution in [2.24, 2.45) is 0 Å². The van der Waals surface area contributed by atoms with Crippen molar-refractivity contribution in [3.8, 4) is 11.3 Å². The van der Waals surface area contributed by atoms with Crippen molar-refractivity contribution in [2.45, 2.75) is 6.18 Å². The van der Waals surface area contributed by atoms with E-state index < -0.39 is 11.7 Å². The first kappa shape index (κ1) is 12.7. The first-order chi connectivity index (χ1) is 9.55. The molecule has 0 N–H and O–H groups in total. The van der Waals surface area contributed by atoms with Crippen molar-refractivity contribution >= 4 is 10.8 Å². The lowest BCUT2D eigenvalue weighted by Crippen LogP contribution is -2.05. The van der Waals surface area contributed by atoms with Gasteiger partial charge in [-0.15, -0.1) is 0 Å². The van der Waals surface area contributed by atoms with Gasteiger partial charge in [0.15, 0.2) is 0 Å². The summed E-state index contributed by atoms with van der Waals surface area (Å²) in [5.74, 6) is 0. The van der Waals surface area contributed by atoms with E-state index in [1.54, 1.807) is 6.07 Å². The van der Waals surface area contributed by atoms with Crippen LogP contribution in [-0.2, 0) is 6.18 Å². The number of hydrogen-bond donors (Lipinski definition) is 0. The number of rotatable bonds is 1. The van der Waals surface area contributed by atoms with Crippen molar-refractivity contribution in [1.82, 2.24) is 4.98 Å². The smallest absolute Gasteiger partial charge is 0.256 e. The first-order valence-corrected chi connectivity index (χ1v) is 6.07. The molecule has 0 saturated heterocycles. The third kappa shape index (κ3) is 2.25. The highest BCUT2D eigenvalue weighted by Crippen LogP contribution is 2.33. The lowest BCUT2D eigenvalue weighted by Gasteiger charge is -2.10. The fourth-order valence-corrected chi connectivity index (χ4v) is 2.20. The molecule has 0 saturated carbocycles. The van der Waals surface area contributed by atoms with Gasteiger partial charge >= 0.3 is 6.18 Å². The van der Waals surface area contributed by atoms with Crippen molar-refractivity contribution in [3.63, 3.8) is 0 Å². The van der Waals surface area contributed by atoms with Crippen LogP contribution in [0.4, 0.5) is 13.2 Å². The van der Waals surface area contributed by atoms with Crippen molar-refractivity contribution in [1.29, 1.82) is 0 Å². The van der Waals surface area contributed by atoms with E-state index in [-0.39, 0.29) is 0 Å². The van der Waals surface area contributed by atoms with Gasteiger partial charge in [-0.2, -0.15) is 13.2 Å². The molecule has 0 amide bonds. The Hall–Kier alpha value is -2.36. The lowest BCUT2D eigenvalue weighted by molar-refractivity contribution is -0.137. The maximum atomic E-state index is 12.8. The number of halogens is 3. The monoisotopic (exact) mass is 273 g/mol. The number of fused-ring (bicyclic) bond motifs is 1. The van der Waals surface area contributed by atoms with E-state index >= 15 is 0 Å². The van der Waals surface area contributed by atoms with Crippen LogP contribution in [0.3, 0.4) is 0 Å². The molecule has 0 radical (unpaired) electrons. The summed E-state index contributed by atoms with van der Waals surface area (Å²) in [5, 5.41) is 1.87. The van der Waals surface area contributed by atoms with Gasteiger partial charge in [0.25, 0.3) is 0 Å². The van der Waals surface area contributed by atoms with E-state index in [1.165, 1.54) is 6.20 Å². The van der Waals surface area contributed by atoms with Crippen LogP contribution in [0, 0.1) is 0 Å². The average Bonchev–Trinajstić information content (AvgIpc) is 2.46. The Morgan fingerprint density at radius 1 is 0.850 bits per heavy atom. The van der Waals surface area contributed by atoms with Gasteiger partial charge in [0, 0.05) is 11.8 Å². The highest BCUT2D eigenvalue weighted by atomic mass is 19.4. The van der Waals surface area contributed by atoms with Crippen molar-refractivity contribution in [3.05, 3.63) is 66.4 Å². The zero-order chi connectivity index (χ0) is 14.2. The van der Waals surface area contributed by atoms with E-state index in [0.29, 0.717) is 11.3 Å². The van der Waals surface area contributed by atoms with E-state index in [2.05, 4.69) is 4.98 Å². The molecular weight excluding hydrogens is 263 g/mol. The highest BCUT2D eigenvalue weighted by Gasteiger charge is 2.30. The molecule has 0 aliphatic rings. The van der Waals surface area contributed by atoms with Crippen LogP contribution in [0.15, 0.2) is 60.8 Å². The minimum Gasteiger partial charge on any atom is -0.256 e. The normalized spacial score (nSPS) is 11.8. The number of alkyl halides is 3. The van der Waals surface area contributed by atoms with Gasteiger partial charge in [-0.25, -0.2) is 0 Å². The third-order valence-corrected chi connectivity index (χ3v) is 3.15. The van der Waals surface area contributed by atoms with Gasteiger partial charge in [-0.1, -0.05) is 42.5 Å². The maximum Gasteiger partial charge on any atom is 0.416 e. The van der Waals surface area contributed by atoms with Crippen molar-refractivity contribution < 1.29 is 13.2 Å². The summed E-state index contributed by atoms with van der Waals surface area (Å²) in [6.45, 7) is 0. The minimum absolute atomic E-state index is 0.330. The molecule has 4 heteroatoms. The van der Waals surface area contributed by atoms with Gasteiger partial charge in [0.05, 0.1) is 11.3 Å². The second-order valence-electron chi connectivity index (χ2n) is 4.45. The van der Waals surface area contributed by atoms with Crippen LogP contribution in [-0.4, -0.2) is 4.98 Å². The molecule has 2 aromatic carbocycles. The molecule has 1 nitrogen and oxygen atoms in total. The summed E-state index contributed by atoms with van der Waals surface area (Å²) in [6, 6.07) is 15.2. The fourth-order valence-electron chi connectivity index (χ4n) is 2.20. The number of hydrogen-bond acceptors (Lipinski definition) is 1. The zero-order valence-corrected chi connectivity index (χ0v) is 10.4. The first-order valence-electron chi connectivity index (χ1n) is 6.07. The van der Waals surface area contributed by atoms with Crippen LogP contribution < -0.4 is 0 Å². The molecule has 3 aromatic rings. The number of aromatic nitrogens is 1. The molecule has 20 heavy (non-hydrogen) atoms. The second kappa shape index (κ2) is 4.63. The Labute approximate surface area is 113 Å². The van der Waals surface area contributed by atoms with Gasteiger partial charge in [-0.05, 0) is 22.9 Å². The quantitative estimate of drug-likeness (QED) is 0.613. The van der Waals surface area contributed by atoms with Crippen LogP contribution >= 0.6 is 0 Å². The lowest BCUT2D eigenvalue weighted by atomic mass is 10.0. The van der Waals surface area contributed by atoms with E-state index in [9.17, 15) is 13.2 Å². The number of nitrogens with zero attached hydrogens (tertiary/aromatic N) is 1. The van der Waals surface area contributed by atoms with Gasteiger partial charge in [-0.3, -0.25) is 4.98 Å². The third-order valence-electron chi connectivity index (χ3n) is 3.15. The van der Waals surface area contributed by atoms with E-state index in [4.69, 9.17) is 0 Å². The molecule has 0 spiro atoms. The summed E-state index contributed by atoms with van der Waals surface area (Å²) < 4.78 is 38.3. The topological polar surface area (TPSA) is 12.9 Å². The summed E-state index contributed by atoms with van der Waals surface area (Å²) in [6.07, 6.45) is -3.16. The Morgan fingerprint density at radius 2 is 1.60 bits per heavy atom. The molecule has 3 rings (SSSR count). The summed E-state index contributed by atoms with van der Waals surface area (Å²) in [4.78, 5) is 4.07. The molecule has 1 heterocycles. The summed E-state index contributed by atoms with van der Waals surface area (Å²) in [5.41, 5.74) is 0.348. The van der Waals surface area contributed by atoms with Gasteiger partial charge < -0.3 is 0 Å². The Balaban J connectivity index is 2.21. The molecule has 0 bridgehead atoms. The fraction of sp³-hybridized carbons (Fsp3) is 0.0625. The highest BCUT2D eigenvalue weighted by molar-refractivity contribution is 5.95. The second-order valence-corrected chi connectivity index (χ2v) is 4.45. The van der Waals surface area contributed by atoms with E-state index in [0.717, 1.165) is 22.9 Å². The average molecular weight is 273 g/mol. The minimum atomic E-state index is -4.36. The predicted octanol–water partition coefficient (Wildman–Crippen LogP) is 4.92. The molecule has 0 unspecified atom stereocenters. The van der Waals surface area contributed by atoms with Gasteiger partial charge in [0.1, 0.15) is 0 Å². The van der Waals surface area contributed by atoms with E-state index in [1.807, 2.05) is 36.4 Å². The van der Waals surface area contributed by atoms with Crippen LogP contribution in [0.1, 0.15) is 5.56 Å². The molecule has 0 aliphatic heterocycles. The van der Waals surface area contributed by atoms with Crippen LogP contribution in [0.25, 0.3) is 22.0 Å². The summed E-state index contributed by atoms with van der Waals surface area (Å²) >= 11 is 0. The SMILES string of the molecule is FC(F)(F)c1ccnc(-c2cccc3ccccc23)c1. The Morgan fingerprint density at radius 3 is 2.40 bits per heavy atom. The Bertz CT molecular complexity index is 758. The van der Waals surface area contributed by atoms with Crippen LogP contribution in [0.5, 0.6) is 0 Å². The maximum absolute atomic E-state index is 12.8. The molecule has 0 aliphatic carbocycles. The zero-order valence-electron chi connectivity index (χ0n) is 10.4. The molecular formula is C16H10F3N. The van der Waals surface area contributed by atoms with Crippen LogP contribution in [0.2, 0.25) is 0 Å². The summed E-state index contributed by atoms with van der Waals surface area (Å²) in [7, 11) is 0. The van der Waals surface area contributed by atoms with Gasteiger partial charge in [0.2, 0.25) is 0 Å². The molecule has 0 atom stereocenters. The number of pyridine rings is 1. The Kier molecular flexibility index (Phi) is 2.93. The molecule has 1 aromatic heterocycles.